The molecule has 3 N–H and O–H groups in total. The molecular formula is C10H10N2OS. The molecule has 0 amide bonds. The van der Waals surface area contributed by atoms with E-state index in [0.29, 0.717) is 5.69 Å². The van der Waals surface area contributed by atoms with Crippen molar-refractivity contribution in [2.24, 2.45) is 0 Å². The van der Waals surface area contributed by atoms with E-state index in [1.54, 1.807) is 0 Å². The monoisotopic (exact) mass is 206 g/mol. The number of nitrogens with two attached hydrogens (primary N) is 1. The van der Waals surface area contributed by atoms with E-state index in [-0.39, 0.29) is 6.61 Å². The summed E-state index contributed by atoms with van der Waals surface area (Å²) in [4.78, 5) is 4.26. The van der Waals surface area contributed by atoms with E-state index in [0.717, 1.165) is 16.3 Å². The van der Waals surface area contributed by atoms with Crippen LogP contribution in [0.4, 0.5) is 5.69 Å². The van der Waals surface area contributed by atoms with Crippen molar-refractivity contribution in [3.63, 3.8) is 0 Å². The summed E-state index contributed by atoms with van der Waals surface area (Å²) >= 11 is 1.52. The SMILES string of the molecule is Nc1ccc(-c2nc(CO)cs2)cc1. The number of aliphatic hydroxyl groups is 1. The molecule has 0 saturated carbocycles. The number of aliphatic hydroxyl groups excluding tert-OH is 1. The van der Waals surface area contributed by atoms with E-state index in [2.05, 4.69) is 4.98 Å². The predicted molar refractivity (Wildman–Crippen MR) is 57.9 cm³/mol. The number of rotatable bonds is 2. The molecular weight excluding hydrogens is 196 g/mol. The maximum Gasteiger partial charge on any atom is 0.123 e. The second-order valence-electron chi connectivity index (χ2n) is 2.92. The minimum absolute atomic E-state index is 0.00846. The third kappa shape index (κ3) is 1.76. The second-order valence-corrected chi connectivity index (χ2v) is 3.78. The van der Waals surface area contributed by atoms with Crippen LogP contribution in [0, 0.1) is 0 Å². The Balaban J connectivity index is 2.34. The van der Waals surface area contributed by atoms with Crippen LogP contribution in [-0.4, -0.2) is 10.1 Å². The van der Waals surface area contributed by atoms with Gasteiger partial charge in [0.05, 0.1) is 12.3 Å². The van der Waals surface area contributed by atoms with Crippen LogP contribution in [0.5, 0.6) is 0 Å². The van der Waals surface area contributed by atoms with Gasteiger partial charge in [0.25, 0.3) is 0 Å². The highest BCUT2D eigenvalue weighted by Crippen LogP contribution is 2.24. The number of aromatic nitrogens is 1. The summed E-state index contributed by atoms with van der Waals surface area (Å²) in [6.45, 7) is -0.00846. The quantitative estimate of drug-likeness (QED) is 0.738. The molecule has 2 rings (SSSR count). The average Bonchev–Trinajstić information content (AvgIpc) is 2.67. The summed E-state index contributed by atoms with van der Waals surface area (Å²) in [6.07, 6.45) is 0. The number of hydrogen-bond donors (Lipinski definition) is 2. The van der Waals surface area contributed by atoms with E-state index >= 15 is 0 Å². The first kappa shape index (κ1) is 9.18. The Hall–Kier alpha value is -1.39. The molecule has 4 heteroatoms. The summed E-state index contributed by atoms with van der Waals surface area (Å²) in [6, 6.07) is 7.54. The second kappa shape index (κ2) is 3.77. The molecule has 0 saturated heterocycles. The predicted octanol–water partition coefficient (Wildman–Crippen LogP) is 1.88. The molecule has 1 aromatic heterocycles. The highest BCUT2D eigenvalue weighted by molar-refractivity contribution is 7.13. The van der Waals surface area contributed by atoms with Gasteiger partial charge in [0.15, 0.2) is 0 Å². The molecule has 72 valence electrons. The molecule has 0 fully saturated rings. The van der Waals surface area contributed by atoms with Crippen LogP contribution in [0.2, 0.25) is 0 Å². The van der Waals surface area contributed by atoms with Gasteiger partial charge in [-0.2, -0.15) is 0 Å². The molecule has 3 nitrogen and oxygen atoms in total. The molecule has 0 radical (unpaired) electrons. The molecule has 1 heterocycles. The van der Waals surface area contributed by atoms with E-state index < -0.39 is 0 Å². The molecule has 0 bridgehead atoms. The number of nitrogens with zero attached hydrogens (tertiary/aromatic N) is 1. The van der Waals surface area contributed by atoms with Crippen LogP contribution in [0.3, 0.4) is 0 Å². The lowest BCUT2D eigenvalue weighted by Gasteiger charge is -1.96. The zero-order chi connectivity index (χ0) is 9.97. The fourth-order valence-electron chi connectivity index (χ4n) is 1.14. The standard InChI is InChI=1S/C10H10N2OS/c11-8-3-1-7(2-4-8)10-12-9(5-13)6-14-10/h1-4,6,13H,5,11H2. The average molecular weight is 206 g/mol. The molecule has 14 heavy (non-hydrogen) atoms. The van der Waals surface area contributed by atoms with Crippen LogP contribution in [-0.2, 0) is 6.61 Å². The van der Waals surface area contributed by atoms with E-state index in [9.17, 15) is 0 Å². The molecule has 0 aliphatic carbocycles. The lowest BCUT2D eigenvalue weighted by Crippen LogP contribution is -1.85. The Kier molecular flexibility index (Phi) is 2.47. The topological polar surface area (TPSA) is 59.1 Å². The third-order valence-electron chi connectivity index (χ3n) is 1.87. The first-order valence-corrected chi connectivity index (χ1v) is 5.09. The zero-order valence-corrected chi connectivity index (χ0v) is 8.29. The van der Waals surface area contributed by atoms with Crippen LogP contribution >= 0.6 is 11.3 Å². The highest BCUT2D eigenvalue weighted by atomic mass is 32.1. The van der Waals surface area contributed by atoms with Crippen molar-refractivity contribution >= 4 is 17.0 Å². The van der Waals surface area contributed by atoms with Crippen molar-refractivity contribution in [1.82, 2.24) is 4.98 Å². The zero-order valence-electron chi connectivity index (χ0n) is 7.47. The number of anilines is 1. The van der Waals surface area contributed by atoms with Gasteiger partial charge in [0.2, 0.25) is 0 Å². The fourth-order valence-corrected chi connectivity index (χ4v) is 1.95. The van der Waals surface area contributed by atoms with Crippen molar-refractivity contribution in [3.8, 4) is 10.6 Å². The smallest absolute Gasteiger partial charge is 0.123 e. The number of hydrogen-bond acceptors (Lipinski definition) is 4. The van der Waals surface area contributed by atoms with Crippen molar-refractivity contribution in [3.05, 3.63) is 35.3 Å². The Morgan fingerprint density at radius 2 is 2.00 bits per heavy atom. The molecule has 1 aromatic carbocycles. The molecule has 0 spiro atoms. The highest BCUT2D eigenvalue weighted by Gasteiger charge is 2.02. The van der Waals surface area contributed by atoms with E-state index in [4.69, 9.17) is 10.8 Å². The van der Waals surface area contributed by atoms with Crippen molar-refractivity contribution in [2.45, 2.75) is 6.61 Å². The number of benzene rings is 1. The Labute approximate surface area is 85.8 Å². The Bertz CT molecular complexity index is 422. The normalized spacial score (nSPS) is 10.4. The third-order valence-corrected chi connectivity index (χ3v) is 2.81. The molecule has 0 atom stereocenters. The van der Waals surface area contributed by atoms with Gasteiger partial charge in [-0.15, -0.1) is 11.3 Å². The van der Waals surface area contributed by atoms with Crippen LogP contribution in [0.15, 0.2) is 29.6 Å². The number of thiazole rings is 1. The van der Waals surface area contributed by atoms with E-state index in [1.807, 2.05) is 29.6 Å². The van der Waals surface area contributed by atoms with Gasteiger partial charge in [-0.05, 0) is 24.3 Å². The fraction of sp³-hybridized carbons (Fsp3) is 0.100. The maximum absolute atomic E-state index is 8.87. The molecule has 2 aromatic rings. The largest absolute Gasteiger partial charge is 0.399 e. The first-order chi connectivity index (χ1) is 6.79. The summed E-state index contributed by atoms with van der Waals surface area (Å²) in [5.74, 6) is 0. The van der Waals surface area contributed by atoms with Crippen molar-refractivity contribution in [1.29, 1.82) is 0 Å². The summed E-state index contributed by atoms with van der Waals surface area (Å²) in [5, 5.41) is 11.6. The molecule has 0 aliphatic rings. The van der Waals surface area contributed by atoms with Gasteiger partial charge in [0, 0.05) is 16.6 Å². The summed E-state index contributed by atoms with van der Waals surface area (Å²) in [5.41, 5.74) is 8.06. The van der Waals surface area contributed by atoms with Crippen LogP contribution in [0.25, 0.3) is 10.6 Å². The molecule has 0 aliphatic heterocycles. The number of nitrogen functional groups attached to an aromatic ring is 1. The van der Waals surface area contributed by atoms with Gasteiger partial charge >= 0.3 is 0 Å². The van der Waals surface area contributed by atoms with Gasteiger partial charge in [-0.1, -0.05) is 0 Å². The summed E-state index contributed by atoms with van der Waals surface area (Å²) < 4.78 is 0. The van der Waals surface area contributed by atoms with Gasteiger partial charge in [-0.3, -0.25) is 0 Å². The Morgan fingerprint density at radius 3 is 2.57 bits per heavy atom. The Morgan fingerprint density at radius 1 is 1.29 bits per heavy atom. The van der Waals surface area contributed by atoms with Crippen molar-refractivity contribution < 1.29 is 5.11 Å². The minimum Gasteiger partial charge on any atom is -0.399 e. The van der Waals surface area contributed by atoms with E-state index in [1.165, 1.54) is 11.3 Å². The van der Waals surface area contributed by atoms with Crippen LogP contribution < -0.4 is 5.73 Å². The van der Waals surface area contributed by atoms with Crippen LogP contribution in [0.1, 0.15) is 5.69 Å². The van der Waals surface area contributed by atoms with Gasteiger partial charge < -0.3 is 10.8 Å². The van der Waals surface area contributed by atoms with Gasteiger partial charge in [0.1, 0.15) is 5.01 Å². The van der Waals surface area contributed by atoms with Crippen molar-refractivity contribution in [2.75, 3.05) is 5.73 Å². The minimum atomic E-state index is -0.00846. The summed E-state index contributed by atoms with van der Waals surface area (Å²) in [7, 11) is 0. The van der Waals surface area contributed by atoms with Gasteiger partial charge in [-0.25, -0.2) is 4.98 Å². The maximum atomic E-state index is 8.87. The lowest BCUT2D eigenvalue weighted by atomic mass is 10.2. The first-order valence-electron chi connectivity index (χ1n) is 4.21. The molecule has 0 unspecified atom stereocenters. The lowest BCUT2D eigenvalue weighted by molar-refractivity contribution is 0.278.